The highest BCUT2D eigenvalue weighted by Gasteiger charge is 2.02. The summed E-state index contributed by atoms with van der Waals surface area (Å²) >= 11 is 1.59. The number of thiazole rings is 1. The van der Waals surface area contributed by atoms with E-state index < -0.39 is 0 Å². The Morgan fingerprint density at radius 2 is 2.29 bits per heavy atom. The van der Waals surface area contributed by atoms with E-state index >= 15 is 0 Å². The van der Waals surface area contributed by atoms with E-state index in [1.165, 1.54) is 6.20 Å². The second kappa shape index (κ2) is 3.67. The summed E-state index contributed by atoms with van der Waals surface area (Å²) in [6.07, 6.45) is 4.03. The first kappa shape index (κ1) is 9.02. The Labute approximate surface area is 85.5 Å². The van der Waals surface area contributed by atoms with Crippen LogP contribution in [0.5, 0.6) is 0 Å². The van der Waals surface area contributed by atoms with Crippen LogP contribution in [0, 0.1) is 6.92 Å². The molecule has 0 aliphatic carbocycles. The van der Waals surface area contributed by atoms with E-state index in [9.17, 15) is 4.79 Å². The third kappa shape index (κ3) is 1.70. The molecule has 0 amide bonds. The van der Waals surface area contributed by atoms with Gasteiger partial charge in [0.1, 0.15) is 0 Å². The fourth-order valence-electron chi connectivity index (χ4n) is 1.16. The molecule has 2 rings (SSSR count). The minimum Gasteiger partial charge on any atom is -0.298 e. The molecule has 0 aliphatic rings. The molecule has 3 nitrogen and oxygen atoms in total. The molecule has 0 fully saturated rings. The molecule has 0 radical (unpaired) electrons. The Balaban J connectivity index is 2.46. The molecule has 0 aromatic carbocycles. The van der Waals surface area contributed by atoms with Crippen molar-refractivity contribution in [2.24, 2.45) is 0 Å². The second-order valence-electron chi connectivity index (χ2n) is 2.88. The number of aldehydes is 1. The SMILES string of the molecule is Cc1nc(-c2cncc(C=O)c2)cs1. The lowest BCUT2D eigenvalue weighted by atomic mass is 10.2. The molecule has 0 bridgehead atoms. The highest BCUT2D eigenvalue weighted by molar-refractivity contribution is 7.09. The number of pyridine rings is 1. The van der Waals surface area contributed by atoms with Crippen molar-refractivity contribution >= 4 is 17.6 Å². The summed E-state index contributed by atoms with van der Waals surface area (Å²) in [4.78, 5) is 18.8. The van der Waals surface area contributed by atoms with Gasteiger partial charge >= 0.3 is 0 Å². The average Bonchev–Trinajstić information content (AvgIpc) is 2.65. The highest BCUT2D eigenvalue weighted by atomic mass is 32.1. The standard InChI is InChI=1S/C10H8N2OS/c1-7-12-10(6-14-7)9-2-8(5-13)3-11-4-9/h2-6H,1H3. The van der Waals surface area contributed by atoms with Crippen molar-refractivity contribution in [3.8, 4) is 11.3 Å². The third-order valence-electron chi connectivity index (χ3n) is 1.81. The van der Waals surface area contributed by atoms with Crippen LogP contribution >= 0.6 is 11.3 Å². The van der Waals surface area contributed by atoms with Crippen LogP contribution in [0.3, 0.4) is 0 Å². The predicted molar refractivity (Wildman–Crippen MR) is 55.5 cm³/mol. The zero-order valence-corrected chi connectivity index (χ0v) is 8.41. The first-order valence-electron chi connectivity index (χ1n) is 4.12. The van der Waals surface area contributed by atoms with Crippen LogP contribution in [-0.2, 0) is 0 Å². The van der Waals surface area contributed by atoms with Gasteiger partial charge in [-0.3, -0.25) is 9.78 Å². The van der Waals surface area contributed by atoms with Gasteiger partial charge in [-0.25, -0.2) is 4.98 Å². The number of hydrogen-bond donors (Lipinski definition) is 0. The van der Waals surface area contributed by atoms with Gasteiger partial charge in [-0.05, 0) is 13.0 Å². The maximum Gasteiger partial charge on any atom is 0.151 e. The van der Waals surface area contributed by atoms with Crippen molar-refractivity contribution in [1.82, 2.24) is 9.97 Å². The molecule has 0 saturated heterocycles. The zero-order valence-electron chi connectivity index (χ0n) is 7.60. The van der Waals surface area contributed by atoms with Crippen molar-refractivity contribution in [2.75, 3.05) is 0 Å². The van der Waals surface area contributed by atoms with Gasteiger partial charge in [0.15, 0.2) is 6.29 Å². The van der Waals surface area contributed by atoms with Crippen molar-refractivity contribution in [2.45, 2.75) is 6.92 Å². The molecule has 0 aliphatic heterocycles. The molecule has 14 heavy (non-hydrogen) atoms. The van der Waals surface area contributed by atoms with Gasteiger partial charge in [-0.1, -0.05) is 0 Å². The Morgan fingerprint density at radius 3 is 2.93 bits per heavy atom. The van der Waals surface area contributed by atoms with E-state index in [0.717, 1.165) is 22.6 Å². The van der Waals surface area contributed by atoms with Crippen molar-refractivity contribution < 1.29 is 4.79 Å². The summed E-state index contributed by atoms with van der Waals surface area (Å²) in [5, 5.41) is 2.97. The number of aryl methyl sites for hydroxylation is 1. The molecular weight excluding hydrogens is 196 g/mol. The number of carbonyl (C=O) groups is 1. The van der Waals surface area contributed by atoms with Crippen molar-refractivity contribution in [3.05, 3.63) is 34.4 Å². The minimum atomic E-state index is 0.577. The smallest absolute Gasteiger partial charge is 0.151 e. The van der Waals surface area contributed by atoms with Gasteiger partial charge in [-0.15, -0.1) is 11.3 Å². The molecule has 4 heteroatoms. The number of hydrogen-bond acceptors (Lipinski definition) is 4. The van der Waals surface area contributed by atoms with Crippen LogP contribution in [0.2, 0.25) is 0 Å². The van der Waals surface area contributed by atoms with E-state index in [1.54, 1.807) is 23.6 Å². The van der Waals surface area contributed by atoms with Crippen LogP contribution < -0.4 is 0 Å². The van der Waals surface area contributed by atoms with Gasteiger partial charge in [0.05, 0.1) is 10.7 Å². The number of carbonyl (C=O) groups excluding carboxylic acids is 1. The molecule has 2 aromatic heterocycles. The van der Waals surface area contributed by atoms with Gasteiger partial charge in [0, 0.05) is 28.9 Å². The summed E-state index contributed by atoms with van der Waals surface area (Å²) < 4.78 is 0. The number of nitrogens with zero attached hydrogens (tertiary/aromatic N) is 2. The number of aromatic nitrogens is 2. The average molecular weight is 204 g/mol. The summed E-state index contributed by atoms with van der Waals surface area (Å²) in [6, 6.07) is 1.79. The summed E-state index contributed by atoms with van der Waals surface area (Å²) in [5.41, 5.74) is 2.34. The molecule has 0 spiro atoms. The van der Waals surface area contributed by atoms with E-state index in [-0.39, 0.29) is 0 Å². The predicted octanol–water partition coefficient (Wildman–Crippen LogP) is 2.33. The minimum absolute atomic E-state index is 0.577. The van der Waals surface area contributed by atoms with Gasteiger partial charge in [0.25, 0.3) is 0 Å². The zero-order chi connectivity index (χ0) is 9.97. The van der Waals surface area contributed by atoms with Crippen LogP contribution in [0.15, 0.2) is 23.8 Å². The number of rotatable bonds is 2. The van der Waals surface area contributed by atoms with Crippen molar-refractivity contribution in [3.63, 3.8) is 0 Å². The van der Waals surface area contributed by atoms with Crippen LogP contribution in [-0.4, -0.2) is 16.3 Å². The lowest BCUT2D eigenvalue weighted by Gasteiger charge is -1.95. The summed E-state index contributed by atoms with van der Waals surface area (Å²) in [6.45, 7) is 1.95. The first-order valence-corrected chi connectivity index (χ1v) is 5.00. The molecule has 0 atom stereocenters. The van der Waals surface area contributed by atoms with Crippen molar-refractivity contribution in [1.29, 1.82) is 0 Å². The maximum atomic E-state index is 10.5. The lowest BCUT2D eigenvalue weighted by molar-refractivity contribution is 0.112. The van der Waals surface area contributed by atoms with Gasteiger partial charge in [0.2, 0.25) is 0 Å². The Kier molecular flexibility index (Phi) is 2.37. The molecule has 70 valence electrons. The van der Waals surface area contributed by atoms with E-state index in [4.69, 9.17) is 0 Å². The fourth-order valence-corrected chi connectivity index (χ4v) is 1.78. The Hall–Kier alpha value is -1.55. The topological polar surface area (TPSA) is 42.9 Å². The van der Waals surface area contributed by atoms with Crippen LogP contribution in [0.4, 0.5) is 0 Å². The Bertz CT molecular complexity index is 465. The van der Waals surface area contributed by atoms with Crippen LogP contribution in [0.1, 0.15) is 15.4 Å². The molecule has 2 heterocycles. The highest BCUT2D eigenvalue weighted by Crippen LogP contribution is 2.20. The first-order chi connectivity index (χ1) is 6.79. The Morgan fingerprint density at radius 1 is 1.43 bits per heavy atom. The summed E-state index contributed by atoms with van der Waals surface area (Å²) in [7, 11) is 0. The summed E-state index contributed by atoms with van der Waals surface area (Å²) in [5.74, 6) is 0. The second-order valence-corrected chi connectivity index (χ2v) is 3.94. The molecule has 0 saturated carbocycles. The van der Waals surface area contributed by atoms with Gasteiger partial charge < -0.3 is 0 Å². The van der Waals surface area contributed by atoms with E-state index in [0.29, 0.717) is 5.56 Å². The molecule has 0 N–H and O–H groups in total. The van der Waals surface area contributed by atoms with Crippen LogP contribution in [0.25, 0.3) is 11.3 Å². The largest absolute Gasteiger partial charge is 0.298 e. The van der Waals surface area contributed by atoms with Gasteiger partial charge in [-0.2, -0.15) is 0 Å². The van der Waals surface area contributed by atoms with E-state index in [1.807, 2.05) is 12.3 Å². The third-order valence-corrected chi connectivity index (χ3v) is 2.58. The fraction of sp³-hybridized carbons (Fsp3) is 0.100. The quantitative estimate of drug-likeness (QED) is 0.705. The lowest BCUT2D eigenvalue weighted by Crippen LogP contribution is -1.85. The monoisotopic (exact) mass is 204 g/mol. The van der Waals surface area contributed by atoms with E-state index in [2.05, 4.69) is 9.97 Å². The maximum absolute atomic E-state index is 10.5. The molecular formula is C10H8N2OS. The molecule has 2 aromatic rings. The normalized spacial score (nSPS) is 10.1. The molecule has 0 unspecified atom stereocenters.